The van der Waals surface area contributed by atoms with Crippen molar-refractivity contribution in [3.05, 3.63) is 29.6 Å². The molecule has 0 aromatic carbocycles. The highest BCUT2D eigenvalue weighted by atomic mass is 16.6. The van der Waals surface area contributed by atoms with Gasteiger partial charge in [0.25, 0.3) is 0 Å². The largest absolute Gasteiger partial charge is 0.454 e. The van der Waals surface area contributed by atoms with Crippen LogP contribution in [-0.2, 0) is 21.6 Å². The molecule has 4 nitrogen and oxygen atoms in total. The Morgan fingerprint density at radius 3 is 2.65 bits per heavy atom. The number of piperidine rings is 1. The van der Waals surface area contributed by atoms with Gasteiger partial charge in [0, 0.05) is 49.4 Å². The van der Waals surface area contributed by atoms with Gasteiger partial charge >= 0.3 is 5.97 Å². The van der Waals surface area contributed by atoms with Gasteiger partial charge in [-0.05, 0) is 32.4 Å². The topological polar surface area (TPSA) is 42.4 Å². The van der Waals surface area contributed by atoms with E-state index in [2.05, 4.69) is 30.7 Å². The van der Waals surface area contributed by atoms with Crippen LogP contribution < -0.4 is 0 Å². The number of carbonyl (C=O) groups excluding carboxylic acids is 1. The van der Waals surface area contributed by atoms with Crippen molar-refractivity contribution in [1.29, 1.82) is 0 Å². The molecule has 0 radical (unpaired) electrons. The maximum Gasteiger partial charge on any atom is 0.311 e. The molecule has 0 aliphatic carbocycles. The molecule has 0 saturated carbocycles. The van der Waals surface area contributed by atoms with Gasteiger partial charge in [-0.25, -0.2) is 0 Å². The van der Waals surface area contributed by atoms with Gasteiger partial charge in [0.05, 0.1) is 6.42 Å². The highest BCUT2D eigenvalue weighted by Crippen LogP contribution is 2.42. The average molecular weight is 274 g/mol. The Labute approximate surface area is 120 Å². The van der Waals surface area contributed by atoms with Crippen LogP contribution in [0.15, 0.2) is 18.5 Å². The summed E-state index contributed by atoms with van der Waals surface area (Å²) in [7, 11) is 0. The molecule has 20 heavy (non-hydrogen) atoms. The van der Waals surface area contributed by atoms with Crippen molar-refractivity contribution in [1.82, 2.24) is 9.88 Å². The molecule has 0 unspecified atom stereocenters. The van der Waals surface area contributed by atoms with E-state index in [9.17, 15) is 4.79 Å². The molecule has 0 bridgehead atoms. The fourth-order valence-electron chi connectivity index (χ4n) is 3.39. The minimum absolute atomic E-state index is 0.116. The van der Waals surface area contributed by atoms with Gasteiger partial charge in [-0.3, -0.25) is 14.7 Å². The zero-order valence-corrected chi connectivity index (χ0v) is 12.5. The first-order valence-corrected chi connectivity index (χ1v) is 7.31. The predicted octanol–water partition coefficient (Wildman–Crippen LogP) is 2.27. The molecular weight excluding hydrogens is 252 g/mol. The standard InChI is InChI=1S/C16H22N2O2/c1-15(2,3)18-8-5-16(6-9-18)13-4-7-17-11-12(13)10-14(19)20-16/h4,7,11H,5-6,8-10H2,1-3H3. The van der Waals surface area contributed by atoms with Crippen molar-refractivity contribution in [3.8, 4) is 0 Å². The Morgan fingerprint density at radius 2 is 2.00 bits per heavy atom. The lowest BCUT2D eigenvalue weighted by atomic mass is 9.79. The maximum absolute atomic E-state index is 11.9. The smallest absolute Gasteiger partial charge is 0.311 e. The van der Waals surface area contributed by atoms with Gasteiger partial charge in [0.1, 0.15) is 5.60 Å². The van der Waals surface area contributed by atoms with Crippen LogP contribution in [0.2, 0.25) is 0 Å². The summed E-state index contributed by atoms with van der Waals surface area (Å²) in [6, 6.07) is 2.02. The molecule has 4 heteroatoms. The molecule has 1 aromatic heterocycles. The molecular formula is C16H22N2O2. The van der Waals surface area contributed by atoms with E-state index < -0.39 is 5.60 Å². The second-order valence-electron chi connectivity index (χ2n) is 6.84. The first-order chi connectivity index (χ1) is 9.41. The third kappa shape index (κ3) is 2.22. The molecule has 2 aliphatic heterocycles. The van der Waals surface area contributed by atoms with E-state index in [0.29, 0.717) is 6.42 Å². The number of nitrogens with zero attached hydrogens (tertiary/aromatic N) is 2. The van der Waals surface area contributed by atoms with Gasteiger partial charge < -0.3 is 4.74 Å². The zero-order chi connectivity index (χ0) is 14.4. The molecule has 1 saturated heterocycles. The van der Waals surface area contributed by atoms with Crippen LogP contribution in [0.1, 0.15) is 44.7 Å². The Kier molecular flexibility index (Phi) is 3.09. The number of fused-ring (bicyclic) bond motifs is 2. The molecule has 0 amide bonds. The van der Waals surface area contributed by atoms with E-state index >= 15 is 0 Å². The molecule has 1 spiro atoms. The Balaban J connectivity index is 1.89. The molecule has 1 fully saturated rings. The number of carbonyl (C=O) groups is 1. The second kappa shape index (κ2) is 4.55. The minimum atomic E-state index is -0.421. The van der Waals surface area contributed by atoms with E-state index in [0.717, 1.165) is 31.5 Å². The van der Waals surface area contributed by atoms with Crippen LogP contribution in [0, 0.1) is 0 Å². The van der Waals surface area contributed by atoms with Crippen molar-refractivity contribution < 1.29 is 9.53 Å². The van der Waals surface area contributed by atoms with E-state index in [-0.39, 0.29) is 11.5 Å². The van der Waals surface area contributed by atoms with Crippen LogP contribution in [0.5, 0.6) is 0 Å². The SMILES string of the molecule is CC(C)(C)N1CCC2(CC1)OC(=O)Cc1cnccc12. The Hall–Kier alpha value is -1.42. The van der Waals surface area contributed by atoms with E-state index in [1.54, 1.807) is 6.20 Å². The van der Waals surface area contributed by atoms with Crippen LogP contribution >= 0.6 is 0 Å². The fraction of sp³-hybridized carbons (Fsp3) is 0.625. The Bertz CT molecular complexity index is 526. The normalized spacial score (nSPS) is 22.4. The number of hydrogen-bond donors (Lipinski definition) is 0. The summed E-state index contributed by atoms with van der Waals surface area (Å²) in [6.07, 6.45) is 5.71. The van der Waals surface area contributed by atoms with Gasteiger partial charge in [0.15, 0.2) is 0 Å². The number of likely N-dealkylation sites (tertiary alicyclic amines) is 1. The molecule has 1 aromatic rings. The number of rotatable bonds is 0. The van der Waals surface area contributed by atoms with E-state index in [1.807, 2.05) is 12.3 Å². The Morgan fingerprint density at radius 1 is 1.30 bits per heavy atom. The van der Waals surface area contributed by atoms with Crippen molar-refractivity contribution in [2.75, 3.05) is 13.1 Å². The third-order valence-electron chi connectivity index (χ3n) is 4.56. The maximum atomic E-state index is 11.9. The van der Waals surface area contributed by atoms with Gasteiger partial charge in [-0.15, -0.1) is 0 Å². The fourth-order valence-corrected chi connectivity index (χ4v) is 3.39. The predicted molar refractivity (Wildman–Crippen MR) is 76.3 cm³/mol. The number of pyridine rings is 1. The zero-order valence-electron chi connectivity index (χ0n) is 12.5. The monoisotopic (exact) mass is 274 g/mol. The highest BCUT2D eigenvalue weighted by molar-refractivity contribution is 5.76. The molecule has 108 valence electrons. The summed E-state index contributed by atoms with van der Waals surface area (Å²) >= 11 is 0. The number of esters is 1. The quantitative estimate of drug-likeness (QED) is 0.681. The van der Waals surface area contributed by atoms with Crippen molar-refractivity contribution in [3.63, 3.8) is 0 Å². The second-order valence-corrected chi connectivity index (χ2v) is 6.84. The van der Waals surface area contributed by atoms with Gasteiger partial charge in [-0.1, -0.05) is 0 Å². The molecule has 0 N–H and O–H groups in total. The number of ether oxygens (including phenoxy) is 1. The minimum Gasteiger partial charge on any atom is -0.454 e. The summed E-state index contributed by atoms with van der Waals surface area (Å²) in [5.74, 6) is -0.116. The van der Waals surface area contributed by atoms with Gasteiger partial charge in [0.2, 0.25) is 0 Å². The van der Waals surface area contributed by atoms with Crippen LogP contribution in [0.3, 0.4) is 0 Å². The summed E-state index contributed by atoms with van der Waals surface area (Å²) < 4.78 is 5.81. The lowest BCUT2D eigenvalue weighted by Gasteiger charge is -2.47. The van der Waals surface area contributed by atoms with Crippen molar-refractivity contribution in [2.24, 2.45) is 0 Å². The molecule has 3 heterocycles. The summed E-state index contributed by atoms with van der Waals surface area (Å²) in [5.41, 5.74) is 1.95. The lowest BCUT2D eigenvalue weighted by Crippen LogP contribution is -2.52. The van der Waals surface area contributed by atoms with Crippen molar-refractivity contribution >= 4 is 5.97 Å². The van der Waals surface area contributed by atoms with Crippen LogP contribution in [-0.4, -0.2) is 34.5 Å². The number of aromatic nitrogens is 1. The van der Waals surface area contributed by atoms with E-state index in [1.165, 1.54) is 5.56 Å². The number of hydrogen-bond acceptors (Lipinski definition) is 4. The highest BCUT2D eigenvalue weighted by Gasteiger charge is 2.45. The van der Waals surface area contributed by atoms with Crippen molar-refractivity contribution in [2.45, 2.75) is 51.2 Å². The van der Waals surface area contributed by atoms with E-state index in [4.69, 9.17) is 4.74 Å². The average Bonchev–Trinajstić information content (AvgIpc) is 2.38. The van der Waals surface area contributed by atoms with Crippen LogP contribution in [0.4, 0.5) is 0 Å². The summed E-state index contributed by atoms with van der Waals surface area (Å²) in [4.78, 5) is 18.5. The summed E-state index contributed by atoms with van der Waals surface area (Å²) in [5, 5.41) is 0. The molecule has 2 aliphatic rings. The molecule has 3 rings (SSSR count). The third-order valence-corrected chi connectivity index (χ3v) is 4.56. The first-order valence-electron chi connectivity index (χ1n) is 7.31. The lowest BCUT2D eigenvalue weighted by molar-refractivity contribution is -0.170. The van der Waals surface area contributed by atoms with Crippen LogP contribution in [0.25, 0.3) is 0 Å². The van der Waals surface area contributed by atoms with Gasteiger partial charge in [-0.2, -0.15) is 0 Å². The first kappa shape index (κ1) is 13.6. The molecule has 0 atom stereocenters. The summed E-state index contributed by atoms with van der Waals surface area (Å²) in [6.45, 7) is 8.61.